The summed E-state index contributed by atoms with van der Waals surface area (Å²) in [6.45, 7) is 6.15. The number of hydrogen-bond donors (Lipinski definition) is 0. The monoisotopic (exact) mass is 352 g/mol. The second-order valence-electron chi connectivity index (χ2n) is 6.68. The fourth-order valence-corrected chi connectivity index (χ4v) is 2.89. The summed E-state index contributed by atoms with van der Waals surface area (Å²) in [6.07, 6.45) is 0.267. The van der Waals surface area contributed by atoms with Crippen LogP contribution < -0.4 is 4.74 Å². The molecule has 2 rings (SSSR count). The van der Waals surface area contributed by atoms with Crippen molar-refractivity contribution in [2.45, 2.75) is 64.3 Å². The van der Waals surface area contributed by atoms with Crippen LogP contribution in [0.4, 0.5) is 0 Å². The van der Waals surface area contributed by atoms with Crippen LogP contribution in [0.25, 0.3) is 0 Å². The minimum atomic E-state index is -0.765. The largest absolute Gasteiger partial charge is 0.497 e. The maximum absolute atomic E-state index is 11.5. The molecule has 140 valence electrons. The van der Waals surface area contributed by atoms with Crippen molar-refractivity contribution in [2.24, 2.45) is 0 Å². The van der Waals surface area contributed by atoms with E-state index in [1.165, 1.54) is 7.11 Å². The first-order valence-electron chi connectivity index (χ1n) is 8.50. The Morgan fingerprint density at radius 3 is 2.52 bits per heavy atom. The molecule has 0 amide bonds. The van der Waals surface area contributed by atoms with E-state index >= 15 is 0 Å². The van der Waals surface area contributed by atoms with E-state index in [4.69, 9.17) is 23.7 Å². The van der Waals surface area contributed by atoms with E-state index in [1.807, 2.05) is 45.0 Å². The van der Waals surface area contributed by atoms with E-state index in [-0.39, 0.29) is 30.7 Å². The van der Waals surface area contributed by atoms with Gasteiger partial charge in [-0.1, -0.05) is 12.1 Å². The molecule has 6 nitrogen and oxygen atoms in total. The summed E-state index contributed by atoms with van der Waals surface area (Å²) in [5.74, 6) is -0.232. The fourth-order valence-electron chi connectivity index (χ4n) is 2.89. The van der Waals surface area contributed by atoms with Crippen LogP contribution in [0.2, 0.25) is 0 Å². The summed E-state index contributed by atoms with van der Waals surface area (Å²) in [5.41, 5.74) is 1.06. The van der Waals surface area contributed by atoms with E-state index in [1.54, 1.807) is 7.11 Å². The summed E-state index contributed by atoms with van der Waals surface area (Å²) in [7, 11) is 3.02. The summed E-state index contributed by atoms with van der Waals surface area (Å²) >= 11 is 0. The lowest BCUT2D eigenvalue weighted by Gasteiger charge is -2.42. The molecular formula is C19H28O6. The molecule has 0 spiro atoms. The standard InChI is InChI=1S/C19H28O6/c1-13(23-12-14-6-8-15(21-4)9-7-14)17-10-16(11-18(20)22-5)24-19(2,3)25-17/h6-9,13,16-17H,10-12H2,1-5H3/t13-,16-,17-/m1/s1. The third-order valence-corrected chi connectivity index (χ3v) is 4.20. The predicted molar refractivity (Wildman–Crippen MR) is 92.3 cm³/mol. The molecule has 0 N–H and O–H groups in total. The maximum Gasteiger partial charge on any atom is 0.308 e. The third kappa shape index (κ3) is 5.99. The van der Waals surface area contributed by atoms with Gasteiger partial charge in [0.15, 0.2) is 5.79 Å². The third-order valence-electron chi connectivity index (χ3n) is 4.20. The second-order valence-corrected chi connectivity index (χ2v) is 6.68. The van der Waals surface area contributed by atoms with Crippen molar-refractivity contribution in [3.63, 3.8) is 0 Å². The van der Waals surface area contributed by atoms with Crippen LogP contribution in [0.15, 0.2) is 24.3 Å². The Labute approximate surface area is 149 Å². The molecule has 1 aliphatic rings. The van der Waals surface area contributed by atoms with Gasteiger partial charge in [-0.3, -0.25) is 4.79 Å². The predicted octanol–water partition coefficient (Wildman–Crippen LogP) is 3.07. The van der Waals surface area contributed by atoms with Crippen molar-refractivity contribution >= 4 is 5.97 Å². The molecule has 1 heterocycles. The lowest BCUT2D eigenvalue weighted by molar-refractivity contribution is -0.314. The van der Waals surface area contributed by atoms with E-state index in [2.05, 4.69) is 0 Å². The summed E-state index contributed by atoms with van der Waals surface area (Å²) in [5, 5.41) is 0. The second kappa shape index (κ2) is 8.65. The Balaban J connectivity index is 1.91. The van der Waals surface area contributed by atoms with Crippen molar-refractivity contribution in [1.82, 2.24) is 0 Å². The molecule has 1 fully saturated rings. The summed E-state index contributed by atoms with van der Waals surface area (Å²) in [4.78, 5) is 11.5. The number of carbonyl (C=O) groups is 1. The Kier molecular flexibility index (Phi) is 6.81. The van der Waals surface area contributed by atoms with Crippen LogP contribution in [-0.4, -0.2) is 44.3 Å². The highest BCUT2D eigenvalue weighted by Gasteiger charge is 2.39. The van der Waals surface area contributed by atoms with Gasteiger partial charge in [-0.2, -0.15) is 0 Å². The van der Waals surface area contributed by atoms with Crippen LogP contribution in [0, 0.1) is 0 Å². The molecule has 6 heteroatoms. The van der Waals surface area contributed by atoms with Crippen molar-refractivity contribution in [3.05, 3.63) is 29.8 Å². The van der Waals surface area contributed by atoms with Crippen LogP contribution in [-0.2, 0) is 30.3 Å². The van der Waals surface area contributed by atoms with Gasteiger partial charge in [0, 0.05) is 6.42 Å². The zero-order chi connectivity index (χ0) is 18.4. The van der Waals surface area contributed by atoms with Gasteiger partial charge < -0.3 is 23.7 Å². The molecular weight excluding hydrogens is 324 g/mol. The number of esters is 1. The quantitative estimate of drug-likeness (QED) is 0.703. The number of hydrogen-bond acceptors (Lipinski definition) is 6. The van der Waals surface area contributed by atoms with Gasteiger partial charge in [0.1, 0.15) is 5.75 Å². The minimum Gasteiger partial charge on any atom is -0.497 e. The molecule has 0 unspecified atom stereocenters. The van der Waals surface area contributed by atoms with Crippen molar-refractivity contribution in [3.8, 4) is 5.75 Å². The Morgan fingerprint density at radius 2 is 1.92 bits per heavy atom. The Morgan fingerprint density at radius 1 is 1.24 bits per heavy atom. The number of benzene rings is 1. The molecule has 1 aliphatic heterocycles. The Hall–Kier alpha value is -1.63. The van der Waals surface area contributed by atoms with Crippen LogP contribution in [0.5, 0.6) is 5.75 Å². The van der Waals surface area contributed by atoms with E-state index in [0.29, 0.717) is 13.0 Å². The first-order chi connectivity index (χ1) is 11.8. The highest BCUT2D eigenvalue weighted by molar-refractivity contribution is 5.69. The van der Waals surface area contributed by atoms with Gasteiger partial charge in [0.25, 0.3) is 0 Å². The molecule has 0 bridgehead atoms. The number of rotatable bonds is 7. The average molecular weight is 352 g/mol. The lowest BCUT2D eigenvalue weighted by Crippen LogP contribution is -2.49. The molecule has 0 radical (unpaired) electrons. The van der Waals surface area contributed by atoms with Gasteiger partial charge >= 0.3 is 5.97 Å². The minimum absolute atomic E-state index is 0.134. The van der Waals surface area contributed by atoms with Crippen LogP contribution >= 0.6 is 0 Å². The highest BCUT2D eigenvalue weighted by atomic mass is 16.7. The smallest absolute Gasteiger partial charge is 0.308 e. The SMILES string of the molecule is COC(=O)C[C@H]1C[C@H]([C@@H](C)OCc2ccc(OC)cc2)OC(C)(C)O1. The zero-order valence-electron chi connectivity index (χ0n) is 15.6. The highest BCUT2D eigenvalue weighted by Crippen LogP contribution is 2.31. The van der Waals surface area contributed by atoms with Crippen molar-refractivity contribution < 1.29 is 28.5 Å². The lowest BCUT2D eigenvalue weighted by atomic mass is 10.0. The van der Waals surface area contributed by atoms with Gasteiger partial charge in [0.2, 0.25) is 0 Å². The summed E-state index contributed by atoms with van der Waals surface area (Å²) < 4.78 is 27.7. The molecule has 0 saturated carbocycles. The molecule has 3 atom stereocenters. The maximum atomic E-state index is 11.5. The normalized spacial score (nSPS) is 23.7. The molecule has 0 aromatic heterocycles. The number of ether oxygens (including phenoxy) is 5. The van der Waals surface area contributed by atoms with Gasteiger partial charge in [-0.25, -0.2) is 0 Å². The van der Waals surface area contributed by atoms with Crippen molar-refractivity contribution in [2.75, 3.05) is 14.2 Å². The molecule has 1 saturated heterocycles. The molecule has 25 heavy (non-hydrogen) atoms. The average Bonchev–Trinajstić information content (AvgIpc) is 2.58. The van der Waals surface area contributed by atoms with Crippen molar-refractivity contribution in [1.29, 1.82) is 0 Å². The molecule has 0 aliphatic carbocycles. The molecule has 1 aromatic rings. The topological polar surface area (TPSA) is 63.2 Å². The molecule has 1 aromatic carbocycles. The first kappa shape index (κ1) is 19.7. The van der Waals surface area contributed by atoms with Gasteiger partial charge in [-0.05, 0) is 38.5 Å². The van der Waals surface area contributed by atoms with E-state index < -0.39 is 5.79 Å². The summed E-state index contributed by atoms with van der Waals surface area (Å²) in [6, 6.07) is 7.76. The zero-order valence-corrected chi connectivity index (χ0v) is 15.6. The van der Waals surface area contributed by atoms with Crippen LogP contribution in [0.1, 0.15) is 39.2 Å². The van der Waals surface area contributed by atoms with Gasteiger partial charge in [0.05, 0.1) is 45.6 Å². The number of carbonyl (C=O) groups excluding carboxylic acids is 1. The first-order valence-corrected chi connectivity index (χ1v) is 8.50. The van der Waals surface area contributed by atoms with Crippen LogP contribution in [0.3, 0.4) is 0 Å². The number of methoxy groups -OCH3 is 2. The Bertz CT molecular complexity index is 554. The van der Waals surface area contributed by atoms with E-state index in [9.17, 15) is 4.79 Å². The fraction of sp³-hybridized carbons (Fsp3) is 0.632. The van der Waals surface area contributed by atoms with Gasteiger partial charge in [-0.15, -0.1) is 0 Å². The van der Waals surface area contributed by atoms with E-state index in [0.717, 1.165) is 11.3 Å².